The lowest BCUT2D eigenvalue weighted by Gasteiger charge is -2.17. The van der Waals surface area contributed by atoms with Gasteiger partial charge in [-0.2, -0.15) is 0 Å². The van der Waals surface area contributed by atoms with Crippen molar-refractivity contribution < 1.29 is 0 Å². The lowest BCUT2D eigenvalue weighted by atomic mass is 9.89. The van der Waals surface area contributed by atoms with Gasteiger partial charge in [0.1, 0.15) is 10.7 Å². The Bertz CT molecular complexity index is 727. The number of H-pyrrole nitrogens is 1. The number of aromatic amines is 1. The van der Waals surface area contributed by atoms with Crippen LogP contribution in [0.3, 0.4) is 0 Å². The van der Waals surface area contributed by atoms with E-state index >= 15 is 0 Å². The third kappa shape index (κ3) is 2.42. The number of likely N-dealkylation sites (tertiary alicyclic amines) is 1. The number of aromatic nitrogens is 2. The van der Waals surface area contributed by atoms with Crippen molar-refractivity contribution in [3.05, 3.63) is 26.6 Å². The highest BCUT2D eigenvalue weighted by Crippen LogP contribution is 2.35. The molecule has 4 nitrogen and oxygen atoms in total. The van der Waals surface area contributed by atoms with Crippen LogP contribution in [-0.2, 0) is 19.4 Å². The second-order valence-corrected chi connectivity index (χ2v) is 7.61. The van der Waals surface area contributed by atoms with Crippen LogP contribution in [0.25, 0.3) is 10.2 Å². The van der Waals surface area contributed by atoms with Crippen LogP contribution in [0.1, 0.15) is 42.5 Å². The first kappa shape index (κ1) is 13.5. The number of nitrogens with zero attached hydrogens (tertiary/aromatic N) is 2. The van der Waals surface area contributed by atoms with Gasteiger partial charge in [0, 0.05) is 4.88 Å². The average molecular weight is 303 g/mol. The highest BCUT2D eigenvalue weighted by molar-refractivity contribution is 7.18. The zero-order valence-corrected chi connectivity index (χ0v) is 13.3. The summed E-state index contributed by atoms with van der Waals surface area (Å²) in [6, 6.07) is 0. The van der Waals surface area contributed by atoms with Crippen molar-refractivity contribution in [3.8, 4) is 0 Å². The number of thiophene rings is 1. The van der Waals surface area contributed by atoms with Crippen LogP contribution in [0.2, 0.25) is 0 Å². The van der Waals surface area contributed by atoms with Gasteiger partial charge in [-0.15, -0.1) is 11.3 Å². The maximum Gasteiger partial charge on any atom is 0.259 e. The highest BCUT2D eigenvalue weighted by atomic mass is 32.1. The molecule has 1 saturated heterocycles. The predicted octanol–water partition coefficient (Wildman–Crippen LogP) is 2.71. The first-order chi connectivity index (χ1) is 10.2. The Morgan fingerprint density at radius 1 is 1.38 bits per heavy atom. The standard InChI is InChI=1S/C16H21N3OS/c1-10-4-5-11-12(8-10)21-16-14(11)15(20)17-13(18-16)9-19-6-2-3-7-19/h10H,2-9H2,1H3,(H,17,18,20)/t10-/m0/s1. The lowest BCUT2D eigenvalue weighted by molar-refractivity contribution is 0.322. The first-order valence-electron chi connectivity index (χ1n) is 7.96. The van der Waals surface area contributed by atoms with E-state index in [1.807, 2.05) is 0 Å². The molecule has 0 bridgehead atoms. The predicted molar refractivity (Wildman–Crippen MR) is 85.9 cm³/mol. The number of aryl methyl sites for hydroxylation is 1. The van der Waals surface area contributed by atoms with Crippen molar-refractivity contribution in [1.29, 1.82) is 0 Å². The van der Waals surface area contributed by atoms with E-state index in [4.69, 9.17) is 4.98 Å². The van der Waals surface area contributed by atoms with Gasteiger partial charge in [-0.3, -0.25) is 9.69 Å². The van der Waals surface area contributed by atoms with E-state index in [0.717, 1.165) is 54.4 Å². The number of rotatable bonds is 2. The lowest BCUT2D eigenvalue weighted by Crippen LogP contribution is -2.22. The molecule has 4 rings (SSSR count). The van der Waals surface area contributed by atoms with Crippen molar-refractivity contribution in [2.45, 2.75) is 45.6 Å². The van der Waals surface area contributed by atoms with Gasteiger partial charge in [-0.05, 0) is 56.7 Å². The quantitative estimate of drug-likeness (QED) is 0.928. The van der Waals surface area contributed by atoms with Gasteiger partial charge in [-0.1, -0.05) is 6.92 Å². The average Bonchev–Trinajstić information content (AvgIpc) is 3.05. The molecule has 21 heavy (non-hydrogen) atoms. The van der Waals surface area contributed by atoms with E-state index in [1.165, 1.54) is 29.7 Å². The molecule has 112 valence electrons. The Kier molecular flexibility index (Phi) is 3.34. The molecule has 1 N–H and O–H groups in total. The minimum atomic E-state index is 0.0706. The topological polar surface area (TPSA) is 49.0 Å². The molecule has 0 unspecified atom stereocenters. The first-order valence-corrected chi connectivity index (χ1v) is 8.78. The maximum absolute atomic E-state index is 12.5. The van der Waals surface area contributed by atoms with Gasteiger partial charge in [0.15, 0.2) is 0 Å². The fraction of sp³-hybridized carbons (Fsp3) is 0.625. The van der Waals surface area contributed by atoms with E-state index in [-0.39, 0.29) is 5.56 Å². The van der Waals surface area contributed by atoms with Crippen molar-refractivity contribution in [2.24, 2.45) is 5.92 Å². The minimum Gasteiger partial charge on any atom is -0.309 e. The smallest absolute Gasteiger partial charge is 0.259 e. The maximum atomic E-state index is 12.5. The van der Waals surface area contributed by atoms with Crippen LogP contribution in [0.15, 0.2) is 4.79 Å². The second-order valence-electron chi connectivity index (χ2n) is 6.53. The molecule has 0 spiro atoms. The largest absolute Gasteiger partial charge is 0.309 e. The Morgan fingerprint density at radius 2 is 2.19 bits per heavy atom. The van der Waals surface area contributed by atoms with E-state index < -0.39 is 0 Å². The van der Waals surface area contributed by atoms with Crippen LogP contribution in [0, 0.1) is 5.92 Å². The number of hydrogen-bond donors (Lipinski definition) is 1. The van der Waals surface area contributed by atoms with Crippen molar-refractivity contribution in [1.82, 2.24) is 14.9 Å². The third-order valence-corrected chi connectivity index (χ3v) is 5.93. The molecule has 1 aliphatic heterocycles. The molecule has 0 aromatic carbocycles. The van der Waals surface area contributed by atoms with Crippen LogP contribution in [0.4, 0.5) is 0 Å². The Labute approximate surface area is 128 Å². The van der Waals surface area contributed by atoms with Gasteiger partial charge < -0.3 is 4.98 Å². The van der Waals surface area contributed by atoms with Crippen molar-refractivity contribution >= 4 is 21.6 Å². The van der Waals surface area contributed by atoms with Crippen LogP contribution in [0.5, 0.6) is 0 Å². The zero-order valence-electron chi connectivity index (χ0n) is 12.4. The van der Waals surface area contributed by atoms with E-state index in [9.17, 15) is 4.79 Å². The number of fused-ring (bicyclic) bond motifs is 3. The monoisotopic (exact) mass is 303 g/mol. The molecule has 0 radical (unpaired) electrons. The minimum absolute atomic E-state index is 0.0706. The summed E-state index contributed by atoms with van der Waals surface area (Å²) >= 11 is 1.74. The summed E-state index contributed by atoms with van der Waals surface area (Å²) in [6.45, 7) is 5.33. The normalized spacial score (nSPS) is 22.8. The van der Waals surface area contributed by atoms with E-state index in [1.54, 1.807) is 11.3 Å². The Balaban J connectivity index is 1.74. The Hall–Kier alpha value is -1.20. The van der Waals surface area contributed by atoms with E-state index in [0.29, 0.717) is 0 Å². The van der Waals surface area contributed by atoms with Gasteiger partial charge in [0.05, 0.1) is 11.9 Å². The molecule has 2 aliphatic rings. The molecule has 3 heterocycles. The molecule has 1 atom stereocenters. The van der Waals surface area contributed by atoms with Crippen molar-refractivity contribution in [2.75, 3.05) is 13.1 Å². The van der Waals surface area contributed by atoms with Crippen LogP contribution in [-0.4, -0.2) is 28.0 Å². The van der Waals surface area contributed by atoms with Gasteiger partial charge in [0.25, 0.3) is 5.56 Å². The van der Waals surface area contributed by atoms with Crippen molar-refractivity contribution in [3.63, 3.8) is 0 Å². The fourth-order valence-electron chi connectivity index (χ4n) is 3.62. The molecular weight excluding hydrogens is 282 g/mol. The molecule has 2 aromatic heterocycles. The van der Waals surface area contributed by atoms with Gasteiger partial charge in [0.2, 0.25) is 0 Å². The molecule has 1 aliphatic carbocycles. The fourth-order valence-corrected chi connectivity index (χ4v) is 5.02. The summed E-state index contributed by atoms with van der Waals surface area (Å²) in [5.74, 6) is 1.56. The summed E-state index contributed by atoms with van der Waals surface area (Å²) in [5.41, 5.74) is 1.34. The zero-order chi connectivity index (χ0) is 14.4. The molecular formula is C16H21N3OS. The molecule has 0 amide bonds. The number of nitrogens with one attached hydrogen (secondary N) is 1. The highest BCUT2D eigenvalue weighted by Gasteiger charge is 2.23. The second kappa shape index (κ2) is 5.21. The summed E-state index contributed by atoms with van der Waals surface area (Å²) < 4.78 is 0. The van der Waals surface area contributed by atoms with Crippen LogP contribution < -0.4 is 5.56 Å². The Morgan fingerprint density at radius 3 is 3.00 bits per heavy atom. The molecule has 0 saturated carbocycles. The summed E-state index contributed by atoms with van der Waals surface area (Å²) in [6.07, 6.45) is 5.85. The summed E-state index contributed by atoms with van der Waals surface area (Å²) in [4.78, 5) is 25.0. The van der Waals surface area contributed by atoms with Gasteiger partial charge >= 0.3 is 0 Å². The third-order valence-electron chi connectivity index (χ3n) is 4.79. The van der Waals surface area contributed by atoms with E-state index in [2.05, 4.69) is 16.8 Å². The van der Waals surface area contributed by atoms with Crippen LogP contribution >= 0.6 is 11.3 Å². The summed E-state index contributed by atoms with van der Waals surface area (Å²) in [7, 11) is 0. The molecule has 5 heteroatoms. The molecule has 1 fully saturated rings. The number of hydrogen-bond acceptors (Lipinski definition) is 4. The SMILES string of the molecule is C[C@H]1CCc2c(sc3nc(CN4CCCC4)[nH]c(=O)c23)C1. The summed E-state index contributed by atoms with van der Waals surface area (Å²) in [5, 5.41) is 0.868. The molecule has 2 aromatic rings. The van der Waals surface area contributed by atoms with Gasteiger partial charge in [-0.25, -0.2) is 4.98 Å².